The highest BCUT2D eigenvalue weighted by molar-refractivity contribution is 5.75. The maximum Gasteiger partial charge on any atom is 0.332 e. The lowest BCUT2D eigenvalue weighted by Crippen LogP contribution is -2.44. The second-order valence-electron chi connectivity index (χ2n) is 8.28. The van der Waals surface area contributed by atoms with Crippen LogP contribution in [0.3, 0.4) is 0 Å². The standard InChI is InChI=1S/C24H24N8O2/c1-3-4-10-31-20-21(28-23(31)30-9-5-6-19(27)15-30)29(2)24(34)32(22(20)33)14-16-7-8-17(12-25)18(11-16)13-26/h7-8,11,19H,5-6,9-10,14-15,27H2,1-2H3/t19-/m1/s1. The Bertz CT molecular complexity index is 1530. The zero-order chi connectivity index (χ0) is 24.4. The lowest BCUT2D eigenvalue weighted by molar-refractivity contribution is 0.496. The van der Waals surface area contributed by atoms with Crippen LogP contribution in [0, 0.1) is 34.5 Å². The van der Waals surface area contributed by atoms with Crippen molar-refractivity contribution in [2.75, 3.05) is 18.0 Å². The average Bonchev–Trinajstić information content (AvgIpc) is 3.23. The van der Waals surface area contributed by atoms with Crippen LogP contribution >= 0.6 is 0 Å². The van der Waals surface area contributed by atoms with E-state index in [0.717, 1.165) is 24.0 Å². The normalized spacial score (nSPS) is 15.4. The number of anilines is 1. The van der Waals surface area contributed by atoms with Crippen molar-refractivity contribution >= 4 is 17.1 Å². The van der Waals surface area contributed by atoms with Crippen LogP contribution in [0.1, 0.15) is 36.5 Å². The van der Waals surface area contributed by atoms with Gasteiger partial charge in [-0.3, -0.25) is 18.5 Å². The summed E-state index contributed by atoms with van der Waals surface area (Å²) in [6.07, 6.45) is 1.83. The maximum atomic E-state index is 13.6. The van der Waals surface area contributed by atoms with Gasteiger partial charge < -0.3 is 10.6 Å². The number of nitrogens with two attached hydrogens (primary N) is 1. The molecule has 3 aromatic rings. The summed E-state index contributed by atoms with van der Waals surface area (Å²) in [6.45, 7) is 3.28. The summed E-state index contributed by atoms with van der Waals surface area (Å²) in [6, 6.07) is 8.62. The molecule has 4 rings (SSSR count). The van der Waals surface area contributed by atoms with Crippen LogP contribution in [0.4, 0.5) is 5.95 Å². The molecule has 0 amide bonds. The highest BCUT2D eigenvalue weighted by Crippen LogP contribution is 2.23. The third kappa shape index (κ3) is 3.94. The molecule has 1 aliphatic rings. The predicted octanol–water partition coefficient (Wildman–Crippen LogP) is 0.639. The number of fused-ring (bicyclic) bond motifs is 1. The van der Waals surface area contributed by atoms with E-state index in [-0.39, 0.29) is 41.4 Å². The molecule has 1 aliphatic heterocycles. The number of nitrogens with zero attached hydrogens (tertiary/aromatic N) is 7. The molecule has 2 N–H and O–H groups in total. The fourth-order valence-corrected chi connectivity index (χ4v) is 4.30. The number of nitriles is 2. The largest absolute Gasteiger partial charge is 0.341 e. The van der Waals surface area contributed by atoms with Gasteiger partial charge in [0.25, 0.3) is 5.56 Å². The molecule has 10 nitrogen and oxygen atoms in total. The van der Waals surface area contributed by atoms with Gasteiger partial charge in [-0.1, -0.05) is 12.0 Å². The van der Waals surface area contributed by atoms with Gasteiger partial charge in [0, 0.05) is 26.2 Å². The maximum absolute atomic E-state index is 13.6. The molecule has 0 spiro atoms. The Morgan fingerprint density at radius 2 is 1.94 bits per heavy atom. The van der Waals surface area contributed by atoms with Crippen LogP contribution in [0.5, 0.6) is 0 Å². The van der Waals surface area contributed by atoms with Gasteiger partial charge in [0.05, 0.1) is 24.2 Å². The third-order valence-corrected chi connectivity index (χ3v) is 6.03. The minimum atomic E-state index is -0.520. The van der Waals surface area contributed by atoms with Crippen LogP contribution < -0.4 is 21.9 Å². The Hall–Kier alpha value is -4.33. The number of hydrogen-bond acceptors (Lipinski definition) is 7. The zero-order valence-corrected chi connectivity index (χ0v) is 19.1. The molecular weight excluding hydrogens is 432 g/mol. The highest BCUT2D eigenvalue weighted by Gasteiger charge is 2.26. The van der Waals surface area contributed by atoms with Crippen molar-refractivity contribution in [3.63, 3.8) is 0 Å². The lowest BCUT2D eigenvalue weighted by atomic mass is 10.1. The van der Waals surface area contributed by atoms with Crippen LogP contribution in [-0.2, 0) is 20.1 Å². The van der Waals surface area contributed by atoms with Crippen molar-refractivity contribution < 1.29 is 0 Å². The number of rotatable bonds is 4. The van der Waals surface area contributed by atoms with E-state index >= 15 is 0 Å². The van der Waals surface area contributed by atoms with Crippen molar-refractivity contribution in [3.05, 3.63) is 55.7 Å². The van der Waals surface area contributed by atoms with Crippen molar-refractivity contribution in [2.45, 2.75) is 38.9 Å². The number of imidazole rings is 1. The third-order valence-electron chi connectivity index (χ3n) is 6.03. The number of hydrogen-bond donors (Lipinski definition) is 1. The summed E-state index contributed by atoms with van der Waals surface area (Å²) in [5.74, 6) is 6.43. The van der Waals surface area contributed by atoms with E-state index in [2.05, 4.69) is 16.8 Å². The molecule has 2 aromatic heterocycles. The zero-order valence-electron chi connectivity index (χ0n) is 19.1. The summed E-state index contributed by atoms with van der Waals surface area (Å²) in [5, 5.41) is 18.5. The Kier molecular flexibility index (Phi) is 6.23. The number of aromatic nitrogens is 4. The Morgan fingerprint density at radius 3 is 2.62 bits per heavy atom. The van der Waals surface area contributed by atoms with E-state index in [1.54, 1.807) is 24.6 Å². The number of piperidine rings is 1. The Balaban J connectivity index is 1.91. The van der Waals surface area contributed by atoms with E-state index in [1.807, 2.05) is 17.0 Å². The Labute approximate surface area is 196 Å². The minimum absolute atomic E-state index is 0.00506. The highest BCUT2D eigenvalue weighted by atomic mass is 16.2. The van der Waals surface area contributed by atoms with Crippen LogP contribution in [0.25, 0.3) is 11.2 Å². The monoisotopic (exact) mass is 456 g/mol. The topological polar surface area (TPSA) is 139 Å². The van der Waals surface area contributed by atoms with E-state index < -0.39 is 11.2 Å². The SMILES string of the molecule is CC#CCn1c(N2CCC[C@@H](N)C2)nc2c1c(=O)n(Cc1ccc(C#N)c(C#N)c1)c(=O)n2C. The van der Waals surface area contributed by atoms with Crippen LogP contribution in [0.15, 0.2) is 27.8 Å². The number of benzene rings is 1. The van der Waals surface area contributed by atoms with Gasteiger partial charge in [0.2, 0.25) is 5.95 Å². The molecule has 0 saturated carbocycles. The summed E-state index contributed by atoms with van der Waals surface area (Å²) < 4.78 is 4.23. The fraction of sp³-hybridized carbons (Fsp3) is 0.375. The smallest absolute Gasteiger partial charge is 0.332 e. The fourth-order valence-electron chi connectivity index (χ4n) is 4.30. The molecule has 172 valence electrons. The van der Waals surface area contributed by atoms with Gasteiger partial charge in [0.15, 0.2) is 11.2 Å². The van der Waals surface area contributed by atoms with Crippen molar-refractivity contribution in [1.29, 1.82) is 10.5 Å². The molecule has 10 heteroatoms. The summed E-state index contributed by atoms with van der Waals surface area (Å²) >= 11 is 0. The van der Waals surface area contributed by atoms with Crippen molar-refractivity contribution in [3.8, 4) is 24.0 Å². The van der Waals surface area contributed by atoms with E-state index in [4.69, 9.17) is 11.0 Å². The van der Waals surface area contributed by atoms with E-state index in [1.165, 1.54) is 16.7 Å². The average molecular weight is 457 g/mol. The van der Waals surface area contributed by atoms with Gasteiger partial charge in [-0.2, -0.15) is 15.5 Å². The van der Waals surface area contributed by atoms with E-state index in [0.29, 0.717) is 18.1 Å². The molecule has 0 radical (unpaired) electrons. The van der Waals surface area contributed by atoms with Gasteiger partial charge in [-0.15, -0.1) is 5.92 Å². The molecule has 1 saturated heterocycles. The van der Waals surface area contributed by atoms with Gasteiger partial charge in [-0.25, -0.2) is 4.79 Å². The summed E-state index contributed by atoms with van der Waals surface area (Å²) in [4.78, 5) is 33.5. The molecule has 3 heterocycles. The molecule has 1 atom stereocenters. The van der Waals surface area contributed by atoms with Crippen molar-refractivity contribution in [2.24, 2.45) is 12.8 Å². The van der Waals surface area contributed by atoms with E-state index in [9.17, 15) is 14.9 Å². The molecule has 0 aliphatic carbocycles. The lowest BCUT2D eigenvalue weighted by Gasteiger charge is -2.31. The Morgan fingerprint density at radius 1 is 1.18 bits per heavy atom. The minimum Gasteiger partial charge on any atom is -0.341 e. The van der Waals surface area contributed by atoms with Crippen molar-refractivity contribution in [1.82, 2.24) is 18.7 Å². The van der Waals surface area contributed by atoms with Gasteiger partial charge >= 0.3 is 5.69 Å². The first-order chi connectivity index (χ1) is 16.4. The second-order valence-corrected chi connectivity index (χ2v) is 8.28. The first kappa shape index (κ1) is 22.8. The summed E-state index contributed by atoms with van der Waals surface area (Å²) in [5.41, 5.74) is 6.74. The van der Waals surface area contributed by atoms with Crippen LogP contribution in [-0.4, -0.2) is 37.8 Å². The first-order valence-electron chi connectivity index (χ1n) is 10.9. The molecule has 1 fully saturated rings. The van der Waals surface area contributed by atoms with Crippen LogP contribution in [0.2, 0.25) is 0 Å². The second kappa shape index (κ2) is 9.27. The molecule has 1 aromatic carbocycles. The molecule has 0 unspecified atom stereocenters. The first-order valence-corrected chi connectivity index (χ1v) is 10.9. The van der Waals surface area contributed by atoms with Gasteiger partial charge in [-0.05, 0) is 37.5 Å². The quantitative estimate of drug-likeness (QED) is 0.568. The molecule has 34 heavy (non-hydrogen) atoms. The molecule has 0 bridgehead atoms. The molecular formula is C24H24N8O2. The van der Waals surface area contributed by atoms with Gasteiger partial charge in [0.1, 0.15) is 12.1 Å². The number of aryl methyl sites for hydroxylation is 1. The summed E-state index contributed by atoms with van der Waals surface area (Å²) in [7, 11) is 1.58. The predicted molar refractivity (Wildman–Crippen MR) is 127 cm³/mol.